The van der Waals surface area contributed by atoms with E-state index in [1.165, 1.54) is 0 Å². The highest BCUT2D eigenvalue weighted by Gasteiger charge is 2.27. The van der Waals surface area contributed by atoms with Crippen LogP contribution in [0.15, 0.2) is 42.6 Å². The van der Waals surface area contributed by atoms with Crippen LogP contribution in [-0.2, 0) is 22.4 Å². The van der Waals surface area contributed by atoms with Gasteiger partial charge in [-0.3, -0.25) is 19.4 Å². The molecular weight excluding hydrogens is 392 g/mol. The summed E-state index contributed by atoms with van der Waals surface area (Å²) >= 11 is 0. The van der Waals surface area contributed by atoms with E-state index in [0.29, 0.717) is 44.7 Å². The number of rotatable bonds is 4. The second kappa shape index (κ2) is 9.29. The standard InChI is InChI=1S/C24H28N4O3/c1-2-22(29)28-13-9-18-16-19(7-8-21(18)28)24(31)27-12-5-11-26(14-15-27)23(30)17-20-6-3-4-10-25-20/h3-4,6-8,10,16H,2,5,9,11-15,17H2,1H3. The first-order valence-corrected chi connectivity index (χ1v) is 11.0. The molecule has 1 fully saturated rings. The minimum absolute atomic E-state index is 0.0120. The van der Waals surface area contributed by atoms with Crippen molar-refractivity contribution in [2.75, 3.05) is 37.6 Å². The molecule has 1 saturated heterocycles. The van der Waals surface area contributed by atoms with E-state index in [2.05, 4.69) is 4.98 Å². The van der Waals surface area contributed by atoms with E-state index in [9.17, 15) is 14.4 Å². The summed E-state index contributed by atoms with van der Waals surface area (Å²) in [6.07, 6.45) is 3.98. The van der Waals surface area contributed by atoms with Gasteiger partial charge in [0.2, 0.25) is 11.8 Å². The van der Waals surface area contributed by atoms with E-state index in [4.69, 9.17) is 0 Å². The fourth-order valence-electron chi connectivity index (χ4n) is 4.31. The highest BCUT2D eigenvalue weighted by Crippen LogP contribution is 2.30. The van der Waals surface area contributed by atoms with E-state index in [1.54, 1.807) is 11.1 Å². The molecule has 0 N–H and O–H groups in total. The topological polar surface area (TPSA) is 73.8 Å². The molecule has 0 spiro atoms. The minimum atomic E-state index is -0.0120. The van der Waals surface area contributed by atoms with Gasteiger partial charge in [-0.1, -0.05) is 13.0 Å². The first kappa shape index (κ1) is 21.0. The number of carbonyl (C=O) groups is 3. The Bertz CT molecular complexity index is 976. The van der Waals surface area contributed by atoms with Crippen molar-refractivity contribution < 1.29 is 14.4 Å². The van der Waals surface area contributed by atoms with Gasteiger partial charge in [-0.25, -0.2) is 0 Å². The number of hydrogen-bond donors (Lipinski definition) is 0. The lowest BCUT2D eigenvalue weighted by atomic mass is 10.1. The molecule has 0 radical (unpaired) electrons. The predicted molar refractivity (Wildman–Crippen MR) is 118 cm³/mol. The predicted octanol–water partition coefficient (Wildman–Crippen LogP) is 2.30. The van der Waals surface area contributed by atoms with Crippen molar-refractivity contribution in [3.63, 3.8) is 0 Å². The number of nitrogens with zero attached hydrogens (tertiary/aromatic N) is 4. The van der Waals surface area contributed by atoms with Gasteiger partial charge < -0.3 is 14.7 Å². The molecule has 162 valence electrons. The van der Waals surface area contributed by atoms with E-state index >= 15 is 0 Å². The summed E-state index contributed by atoms with van der Waals surface area (Å²) in [5, 5.41) is 0. The Morgan fingerprint density at radius 2 is 1.74 bits per heavy atom. The Balaban J connectivity index is 1.39. The maximum Gasteiger partial charge on any atom is 0.253 e. The van der Waals surface area contributed by atoms with Gasteiger partial charge in [0.25, 0.3) is 5.91 Å². The fourth-order valence-corrected chi connectivity index (χ4v) is 4.31. The lowest BCUT2D eigenvalue weighted by Crippen LogP contribution is -2.38. The van der Waals surface area contributed by atoms with Gasteiger partial charge in [0.15, 0.2) is 0 Å². The lowest BCUT2D eigenvalue weighted by Gasteiger charge is -2.23. The molecule has 0 bridgehead atoms. The molecule has 0 aliphatic carbocycles. The Morgan fingerprint density at radius 1 is 0.935 bits per heavy atom. The Labute approximate surface area is 182 Å². The average Bonchev–Trinajstić information content (AvgIpc) is 3.06. The number of hydrogen-bond acceptors (Lipinski definition) is 4. The van der Waals surface area contributed by atoms with Crippen molar-refractivity contribution in [2.45, 2.75) is 32.6 Å². The smallest absolute Gasteiger partial charge is 0.253 e. The first-order chi connectivity index (χ1) is 15.1. The molecule has 0 saturated carbocycles. The van der Waals surface area contributed by atoms with Gasteiger partial charge in [-0.05, 0) is 48.7 Å². The second-order valence-corrected chi connectivity index (χ2v) is 8.02. The largest absolute Gasteiger partial charge is 0.341 e. The molecule has 7 heteroatoms. The van der Waals surface area contributed by atoms with Crippen molar-refractivity contribution in [1.29, 1.82) is 0 Å². The van der Waals surface area contributed by atoms with Crippen LogP contribution >= 0.6 is 0 Å². The summed E-state index contributed by atoms with van der Waals surface area (Å²) in [5.41, 5.74) is 3.39. The molecule has 0 atom stereocenters. The molecule has 2 aromatic rings. The Morgan fingerprint density at radius 3 is 2.52 bits per heavy atom. The minimum Gasteiger partial charge on any atom is -0.341 e. The second-order valence-electron chi connectivity index (χ2n) is 8.02. The molecule has 7 nitrogen and oxygen atoms in total. The maximum absolute atomic E-state index is 13.1. The van der Waals surface area contributed by atoms with Crippen LogP contribution in [0.4, 0.5) is 5.69 Å². The number of carbonyl (C=O) groups excluding carboxylic acids is 3. The molecule has 4 rings (SSSR count). The summed E-state index contributed by atoms with van der Waals surface area (Å²) < 4.78 is 0. The number of amides is 3. The number of aromatic nitrogens is 1. The van der Waals surface area contributed by atoms with Gasteiger partial charge in [0.05, 0.1) is 6.42 Å². The first-order valence-electron chi connectivity index (χ1n) is 11.0. The molecule has 3 heterocycles. The normalized spacial score (nSPS) is 16.1. The number of anilines is 1. The van der Waals surface area contributed by atoms with Crippen LogP contribution in [0.25, 0.3) is 0 Å². The zero-order valence-corrected chi connectivity index (χ0v) is 17.9. The zero-order valence-electron chi connectivity index (χ0n) is 17.9. The highest BCUT2D eigenvalue weighted by atomic mass is 16.2. The van der Waals surface area contributed by atoms with Crippen molar-refractivity contribution in [3.8, 4) is 0 Å². The lowest BCUT2D eigenvalue weighted by molar-refractivity contribution is -0.130. The molecule has 0 unspecified atom stereocenters. The van der Waals surface area contributed by atoms with Crippen molar-refractivity contribution in [3.05, 3.63) is 59.4 Å². The van der Waals surface area contributed by atoms with Gasteiger partial charge in [-0.15, -0.1) is 0 Å². The van der Waals surface area contributed by atoms with Gasteiger partial charge in [0.1, 0.15) is 0 Å². The molecule has 1 aromatic carbocycles. The Kier molecular flexibility index (Phi) is 6.30. The van der Waals surface area contributed by atoms with E-state index in [-0.39, 0.29) is 24.1 Å². The van der Waals surface area contributed by atoms with Gasteiger partial charge >= 0.3 is 0 Å². The SMILES string of the molecule is CCC(=O)N1CCc2cc(C(=O)N3CCCN(C(=O)Cc4ccccn4)CC3)ccc21. The summed E-state index contributed by atoms with van der Waals surface area (Å²) in [7, 11) is 0. The van der Waals surface area contributed by atoms with Crippen LogP contribution in [0.2, 0.25) is 0 Å². The summed E-state index contributed by atoms with van der Waals surface area (Å²) in [5.74, 6) is 0.147. The molecule has 2 aliphatic rings. The van der Waals surface area contributed by atoms with E-state index in [1.807, 2.05) is 53.1 Å². The molecular formula is C24H28N4O3. The maximum atomic E-state index is 13.1. The van der Waals surface area contributed by atoms with Crippen LogP contribution in [0, 0.1) is 0 Å². The third kappa shape index (κ3) is 4.60. The van der Waals surface area contributed by atoms with Crippen LogP contribution < -0.4 is 4.90 Å². The monoisotopic (exact) mass is 420 g/mol. The molecule has 2 aliphatic heterocycles. The van der Waals surface area contributed by atoms with Crippen molar-refractivity contribution >= 4 is 23.4 Å². The quantitative estimate of drug-likeness (QED) is 0.761. The number of pyridine rings is 1. The summed E-state index contributed by atoms with van der Waals surface area (Å²) in [6.45, 7) is 4.86. The Hall–Kier alpha value is -3.22. The molecule has 3 amide bonds. The molecule has 1 aromatic heterocycles. The number of fused-ring (bicyclic) bond motifs is 1. The van der Waals surface area contributed by atoms with Crippen molar-refractivity contribution in [2.24, 2.45) is 0 Å². The zero-order chi connectivity index (χ0) is 21.8. The highest BCUT2D eigenvalue weighted by molar-refractivity contribution is 5.98. The fraction of sp³-hybridized carbons (Fsp3) is 0.417. The third-order valence-corrected chi connectivity index (χ3v) is 6.02. The van der Waals surface area contributed by atoms with Crippen molar-refractivity contribution in [1.82, 2.24) is 14.8 Å². The average molecular weight is 421 g/mol. The summed E-state index contributed by atoms with van der Waals surface area (Å²) in [6, 6.07) is 11.2. The third-order valence-electron chi connectivity index (χ3n) is 6.02. The van der Waals surface area contributed by atoms with Crippen LogP contribution in [0.3, 0.4) is 0 Å². The van der Waals surface area contributed by atoms with Gasteiger partial charge in [-0.2, -0.15) is 0 Å². The van der Waals surface area contributed by atoms with Crippen LogP contribution in [-0.4, -0.2) is 65.2 Å². The van der Waals surface area contributed by atoms with Gasteiger partial charge in [0, 0.05) is 62.3 Å². The summed E-state index contributed by atoms with van der Waals surface area (Å²) in [4.78, 5) is 47.6. The van der Waals surface area contributed by atoms with Crippen LogP contribution in [0.5, 0.6) is 0 Å². The number of benzene rings is 1. The van der Waals surface area contributed by atoms with E-state index < -0.39 is 0 Å². The molecule has 31 heavy (non-hydrogen) atoms. The van der Waals surface area contributed by atoms with E-state index in [0.717, 1.165) is 29.8 Å². The van der Waals surface area contributed by atoms with Crippen LogP contribution in [0.1, 0.15) is 41.4 Å².